The van der Waals surface area contributed by atoms with Gasteiger partial charge in [-0.1, -0.05) is 33.3 Å². The maximum absolute atomic E-state index is 3.40. The first-order chi connectivity index (χ1) is 9.67. The number of nitrogens with zero attached hydrogens (tertiary/aromatic N) is 1. The SMILES string of the molecule is CC/C=c1\[nH]cc\c1=C(\CCCC)N(C)C1CC(C)C1. The molecule has 1 saturated carbocycles. The lowest BCUT2D eigenvalue weighted by Crippen LogP contribution is -2.43. The summed E-state index contributed by atoms with van der Waals surface area (Å²) >= 11 is 0. The molecule has 1 aliphatic carbocycles. The number of aromatic amines is 1. The van der Waals surface area contributed by atoms with Crippen molar-refractivity contribution < 1.29 is 0 Å². The molecule has 112 valence electrons. The van der Waals surface area contributed by atoms with Crippen LogP contribution in [0.1, 0.15) is 59.3 Å². The van der Waals surface area contributed by atoms with E-state index in [1.165, 1.54) is 48.4 Å². The first-order valence-corrected chi connectivity index (χ1v) is 8.26. The standard InChI is InChI=1S/C18H30N2/c1-5-7-9-18(20(4)15-12-14(3)13-15)16-10-11-19-17(16)8-6-2/h8,10-11,14-15,19H,5-7,9,12-13H2,1-4H3/b17-8-,18-16+. The monoisotopic (exact) mass is 274 g/mol. The van der Waals surface area contributed by atoms with Crippen molar-refractivity contribution in [3.63, 3.8) is 0 Å². The maximum atomic E-state index is 3.40. The van der Waals surface area contributed by atoms with Gasteiger partial charge in [0.25, 0.3) is 0 Å². The van der Waals surface area contributed by atoms with Crippen LogP contribution in [0.15, 0.2) is 12.3 Å². The number of nitrogens with one attached hydrogen (secondary N) is 1. The summed E-state index contributed by atoms with van der Waals surface area (Å²) < 4.78 is 0. The van der Waals surface area contributed by atoms with E-state index in [0.717, 1.165) is 18.4 Å². The molecule has 1 aromatic heterocycles. The van der Waals surface area contributed by atoms with Crippen molar-refractivity contribution in [3.05, 3.63) is 22.8 Å². The Kier molecular flexibility index (Phi) is 5.33. The summed E-state index contributed by atoms with van der Waals surface area (Å²) in [5.41, 5.74) is 1.53. The van der Waals surface area contributed by atoms with E-state index >= 15 is 0 Å². The van der Waals surface area contributed by atoms with E-state index < -0.39 is 0 Å². The molecule has 1 aliphatic rings. The third-order valence-corrected chi connectivity index (χ3v) is 4.59. The fourth-order valence-electron chi connectivity index (χ4n) is 3.25. The largest absolute Gasteiger partial charge is 0.374 e. The van der Waals surface area contributed by atoms with E-state index in [2.05, 4.69) is 56.0 Å². The summed E-state index contributed by atoms with van der Waals surface area (Å²) in [7, 11) is 2.30. The Hall–Kier alpha value is -1.18. The van der Waals surface area contributed by atoms with Crippen LogP contribution in [0.4, 0.5) is 0 Å². The molecule has 1 heterocycles. The summed E-state index contributed by atoms with van der Waals surface area (Å²) in [6.07, 6.45) is 11.9. The molecule has 0 saturated heterocycles. The van der Waals surface area contributed by atoms with Crippen molar-refractivity contribution in [1.29, 1.82) is 0 Å². The minimum Gasteiger partial charge on any atom is -0.374 e. The second-order valence-corrected chi connectivity index (χ2v) is 6.31. The fraction of sp³-hybridized carbons (Fsp3) is 0.667. The van der Waals surface area contributed by atoms with Crippen LogP contribution in [0, 0.1) is 5.92 Å². The molecule has 1 fully saturated rings. The predicted molar refractivity (Wildman–Crippen MR) is 87.7 cm³/mol. The van der Waals surface area contributed by atoms with Gasteiger partial charge >= 0.3 is 0 Å². The van der Waals surface area contributed by atoms with Crippen LogP contribution < -0.4 is 10.6 Å². The zero-order valence-corrected chi connectivity index (χ0v) is 13.6. The maximum Gasteiger partial charge on any atom is 0.0430 e. The van der Waals surface area contributed by atoms with E-state index in [9.17, 15) is 0 Å². The number of H-pyrrole nitrogens is 1. The summed E-state index contributed by atoms with van der Waals surface area (Å²) in [6, 6.07) is 3.01. The zero-order chi connectivity index (χ0) is 14.5. The molecule has 0 atom stereocenters. The Morgan fingerprint density at radius 2 is 2.15 bits per heavy atom. The summed E-state index contributed by atoms with van der Waals surface area (Å²) in [5, 5.41) is 2.72. The molecular weight excluding hydrogens is 244 g/mol. The molecule has 0 unspecified atom stereocenters. The van der Waals surface area contributed by atoms with E-state index in [1.807, 2.05) is 0 Å². The Morgan fingerprint density at radius 3 is 2.75 bits per heavy atom. The van der Waals surface area contributed by atoms with Gasteiger partial charge in [-0.2, -0.15) is 0 Å². The fourth-order valence-corrected chi connectivity index (χ4v) is 3.25. The predicted octanol–water partition coefficient (Wildman–Crippen LogP) is 3.23. The topological polar surface area (TPSA) is 19.0 Å². The van der Waals surface area contributed by atoms with Crippen molar-refractivity contribution in [2.24, 2.45) is 5.92 Å². The van der Waals surface area contributed by atoms with Gasteiger partial charge in [-0.3, -0.25) is 0 Å². The van der Waals surface area contributed by atoms with Crippen LogP contribution in [-0.4, -0.2) is 23.0 Å². The normalized spacial score (nSPS) is 24.5. The van der Waals surface area contributed by atoms with Crippen LogP contribution in [0.3, 0.4) is 0 Å². The van der Waals surface area contributed by atoms with Gasteiger partial charge in [0.05, 0.1) is 0 Å². The highest BCUT2D eigenvalue weighted by Gasteiger charge is 2.29. The third-order valence-electron chi connectivity index (χ3n) is 4.59. The summed E-state index contributed by atoms with van der Waals surface area (Å²) in [6.45, 7) is 6.84. The summed E-state index contributed by atoms with van der Waals surface area (Å²) in [5.74, 6) is 0.905. The number of unbranched alkanes of at least 4 members (excludes halogenated alkanes) is 1. The molecule has 0 bridgehead atoms. The quantitative estimate of drug-likeness (QED) is 0.844. The van der Waals surface area contributed by atoms with Gasteiger partial charge in [0.2, 0.25) is 0 Å². The highest BCUT2D eigenvalue weighted by atomic mass is 15.1. The number of hydrogen-bond donors (Lipinski definition) is 1. The first-order valence-electron chi connectivity index (χ1n) is 8.26. The van der Waals surface area contributed by atoms with Gasteiger partial charge in [-0.25, -0.2) is 0 Å². The average Bonchev–Trinajstić information content (AvgIpc) is 2.84. The van der Waals surface area contributed by atoms with Crippen LogP contribution in [0.25, 0.3) is 11.8 Å². The Morgan fingerprint density at radius 1 is 1.40 bits per heavy atom. The smallest absolute Gasteiger partial charge is 0.0430 e. The second-order valence-electron chi connectivity index (χ2n) is 6.31. The van der Waals surface area contributed by atoms with E-state index in [4.69, 9.17) is 0 Å². The molecule has 0 spiro atoms. The lowest BCUT2D eigenvalue weighted by atomic mass is 9.80. The van der Waals surface area contributed by atoms with Crippen LogP contribution in [0.5, 0.6) is 0 Å². The second kappa shape index (κ2) is 7.01. The van der Waals surface area contributed by atoms with Crippen molar-refractivity contribution in [1.82, 2.24) is 9.88 Å². The van der Waals surface area contributed by atoms with Crippen LogP contribution >= 0.6 is 0 Å². The highest BCUT2D eigenvalue weighted by molar-refractivity contribution is 5.44. The minimum atomic E-state index is 0.751. The average molecular weight is 274 g/mol. The highest BCUT2D eigenvalue weighted by Crippen LogP contribution is 2.33. The van der Waals surface area contributed by atoms with E-state index in [-0.39, 0.29) is 0 Å². The van der Waals surface area contributed by atoms with Gasteiger partial charge in [-0.05, 0) is 44.1 Å². The molecule has 20 heavy (non-hydrogen) atoms. The number of rotatable bonds is 6. The summed E-state index contributed by atoms with van der Waals surface area (Å²) in [4.78, 5) is 5.96. The van der Waals surface area contributed by atoms with E-state index in [1.54, 1.807) is 0 Å². The molecule has 0 aliphatic heterocycles. The van der Waals surface area contributed by atoms with Crippen LogP contribution in [-0.2, 0) is 0 Å². The van der Waals surface area contributed by atoms with Gasteiger partial charge in [0.1, 0.15) is 0 Å². The minimum absolute atomic E-state index is 0.751. The van der Waals surface area contributed by atoms with Gasteiger partial charge in [-0.15, -0.1) is 0 Å². The molecule has 0 amide bonds. The molecule has 1 N–H and O–H groups in total. The lowest BCUT2D eigenvalue weighted by molar-refractivity contribution is 0.157. The van der Waals surface area contributed by atoms with E-state index in [0.29, 0.717) is 0 Å². The van der Waals surface area contributed by atoms with Gasteiger partial charge in [0, 0.05) is 35.6 Å². The van der Waals surface area contributed by atoms with Crippen molar-refractivity contribution in [2.45, 2.75) is 65.3 Å². The van der Waals surface area contributed by atoms with Crippen LogP contribution in [0.2, 0.25) is 0 Å². The Bertz CT molecular complexity index is 520. The molecule has 2 rings (SSSR count). The van der Waals surface area contributed by atoms with Crippen molar-refractivity contribution in [3.8, 4) is 0 Å². The molecule has 0 aromatic carbocycles. The molecule has 1 aromatic rings. The Balaban J connectivity index is 2.35. The van der Waals surface area contributed by atoms with Crippen molar-refractivity contribution >= 4 is 11.8 Å². The molecule has 2 heteroatoms. The number of hydrogen-bond acceptors (Lipinski definition) is 1. The Labute approximate surface area is 123 Å². The van der Waals surface area contributed by atoms with Crippen molar-refractivity contribution in [2.75, 3.05) is 7.05 Å². The molecule has 0 radical (unpaired) electrons. The first kappa shape index (κ1) is 15.2. The third kappa shape index (κ3) is 3.28. The molecule has 2 nitrogen and oxygen atoms in total. The molecular formula is C18H30N2. The van der Waals surface area contributed by atoms with Gasteiger partial charge in [0.15, 0.2) is 0 Å². The lowest BCUT2D eigenvalue weighted by Gasteiger charge is -2.42. The number of aromatic nitrogens is 1. The zero-order valence-electron chi connectivity index (χ0n) is 13.6. The van der Waals surface area contributed by atoms with Gasteiger partial charge < -0.3 is 9.88 Å².